The molecule has 168 valence electrons. The quantitative estimate of drug-likeness (QED) is 0.575. The van der Waals surface area contributed by atoms with E-state index in [-0.39, 0.29) is 18.2 Å². The largest absolute Gasteiger partial charge is 0.381 e. The van der Waals surface area contributed by atoms with Crippen LogP contribution in [0, 0.1) is 13.8 Å². The number of aryl methyl sites for hydroxylation is 2. The van der Waals surface area contributed by atoms with Crippen LogP contribution in [0.2, 0.25) is 0 Å². The van der Waals surface area contributed by atoms with Gasteiger partial charge in [0.05, 0.1) is 17.8 Å². The highest BCUT2D eigenvalue weighted by atomic mass is 16.5. The molecule has 30 heavy (non-hydrogen) atoms. The van der Waals surface area contributed by atoms with Gasteiger partial charge in [0.25, 0.3) is 5.91 Å². The summed E-state index contributed by atoms with van der Waals surface area (Å²) >= 11 is 0. The topological polar surface area (TPSA) is 87.8 Å². The summed E-state index contributed by atoms with van der Waals surface area (Å²) in [7, 11) is 3.59. The number of nitrogens with one attached hydrogen (secondary N) is 3. The van der Waals surface area contributed by atoms with Crippen LogP contribution in [-0.4, -0.2) is 75.7 Å². The van der Waals surface area contributed by atoms with E-state index in [0.717, 1.165) is 56.1 Å². The lowest BCUT2D eigenvalue weighted by Gasteiger charge is -2.41. The number of hydrogen-bond acceptors (Lipinski definition) is 7. The van der Waals surface area contributed by atoms with Crippen LogP contribution in [0.1, 0.15) is 47.8 Å². The molecule has 0 radical (unpaired) electrons. The van der Waals surface area contributed by atoms with Gasteiger partial charge in [0.15, 0.2) is 0 Å². The third-order valence-electron chi connectivity index (χ3n) is 6.30. The number of carbonyl (C=O) groups excluding carboxylic acids is 1. The summed E-state index contributed by atoms with van der Waals surface area (Å²) in [5, 5.41) is 9.82. The van der Waals surface area contributed by atoms with E-state index in [1.54, 1.807) is 7.11 Å². The van der Waals surface area contributed by atoms with Crippen LogP contribution in [0.5, 0.6) is 0 Å². The number of anilines is 1. The van der Waals surface area contributed by atoms with Crippen molar-refractivity contribution in [1.29, 1.82) is 0 Å². The lowest BCUT2D eigenvalue weighted by molar-refractivity contribution is 0.0359. The van der Waals surface area contributed by atoms with Crippen molar-refractivity contribution in [3.8, 4) is 0 Å². The molecular formula is C22H37N5O3. The Balaban J connectivity index is 1.76. The van der Waals surface area contributed by atoms with Crippen molar-refractivity contribution in [2.45, 2.75) is 64.4 Å². The van der Waals surface area contributed by atoms with Gasteiger partial charge in [0.1, 0.15) is 5.82 Å². The highest BCUT2D eigenvalue weighted by Crippen LogP contribution is 2.26. The molecule has 2 aliphatic heterocycles. The molecule has 0 bridgehead atoms. The fourth-order valence-electron chi connectivity index (χ4n) is 4.15. The molecule has 3 rings (SSSR count). The van der Waals surface area contributed by atoms with Crippen molar-refractivity contribution >= 4 is 11.7 Å². The minimum Gasteiger partial charge on any atom is -0.381 e. The van der Waals surface area contributed by atoms with E-state index in [0.29, 0.717) is 24.2 Å². The first kappa shape index (κ1) is 22.9. The van der Waals surface area contributed by atoms with E-state index >= 15 is 0 Å². The van der Waals surface area contributed by atoms with Crippen LogP contribution >= 0.6 is 0 Å². The van der Waals surface area contributed by atoms with Gasteiger partial charge in [-0.05, 0) is 58.7 Å². The number of aromatic nitrogens is 1. The minimum atomic E-state index is -0.118. The molecule has 2 fully saturated rings. The lowest BCUT2D eigenvalue weighted by atomic mass is 9.98. The second kappa shape index (κ2) is 10.5. The molecule has 8 nitrogen and oxygen atoms in total. The summed E-state index contributed by atoms with van der Waals surface area (Å²) < 4.78 is 11.3. The van der Waals surface area contributed by atoms with Crippen molar-refractivity contribution in [2.24, 2.45) is 0 Å². The van der Waals surface area contributed by atoms with Gasteiger partial charge in [-0.15, -0.1) is 0 Å². The lowest BCUT2D eigenvalue weighted by Crippen LogP contribution is -2.57. The van der Waals surface area contributed by atoms with Crippen LogP contribution in [-0.2, 0) is 9.47 Å². The molecular weight excluding hydrogens is 382 g/mol. The van der Waals surface area contributed by atoms with Crippen molar-refractivity contribution in [2.75, 3.05) is 45.4 Å². The van der Waals surface area contributed by atoms with Crippen LogP contribution < -0.4 is 20.9 Å². The van der Waals surface area contributed by atoms with E-state index in [1.807, 2.05) is 33.9 Å². The number of hydrogen-bond donors (Lipinski definition) is 3. The number of amides is 1. The molecule has 1 amide bonds. The normalized spacial score (nSPS) is 24.0. The van der Waals surface area contributed by atoms with E-state index < -0.39 is 0 Å². The molecule has 8 heteroatoms. The van der Waals surface area contributed by atoms with Crippen molar-refractivity contribution in [1.82, 2.24) is 20.9 Å². The third kappa shape index (κ3) is 5.49. The van der Waals surface area contributed by atoms with Gasteiger partial charge in [-0.2, -0.15) is 0 Å². The molecule has 3 N–H and O–H groups in total. The van der Waals surface area contributed by atoms with Gasteiger partial charge in [0.2, 0.25) is 0 Å². The second-order valence-corrected chi connectivity index (χ2v) is 8.41. The number of carbonyl (C=O) groups is 1. The Bertz CT molecular complexity index is 723. The van der Waals surface area contributed by atoms with E-state index in [2.05, 4.69) is 20.9 Å². The molecule has 1 aromatic rings. The van der Waals surface area contributed by atoms with E-state index in [9.17, 15) is 4.79 Å². The molecule has 0 aliphatic carbocycles. The Morgan fingerprint density at radius 1 is 1.30 bits per heavy atom. The maximum absolute atomic E-state index is 12.9. The number of piperidine rings is 1. The Hall–Kier alpha value is -1.74. The van der Waals surface area contributed by atoms with E-state index in [4.69, 9.17) is 14.5 Å². The highest BCUT2D eigenvalue weighted by molar-refractivity contribution is 5.99. The number of ether oxygens (including phenoxy) is 2. The molecule has 0 saturated carbocycles. The van der Waals surface area contributed by atoms with Crippen molar-refractivity contribution in [3.05, 3.63) is 22.9 Å². The van der Waals surface area contributed by atoms with Gasteiger partial charge in [0, 0.05) is 51.2 Å². The zero-order valence-electron chi connectivity index (χ0n) is 19.0. The summed E-state index contributed by atoms with van der Waals surface area (Å²) in [4.78, 5) is 20.0. The van der Waals surface area contributed by atoms with Crippen LogP contribution in [0.25, 0.3) is 0 Å². The number of methoxy groups -OCH3 is 1. The predicted molar refractivity (Wildman–Crippen MR) is 118 cm³/mol. The molecule has 0 spiro atoms. The molecule has 2 aliphatic rings. The zero-order chi connectivity index (χ0) is 21.7. The monoisotopic (exact) mass is 419 g/mol. The first-order valence-corrected chi connectivity index (χ1v) is 11.0. The van der Waals surface area contributed by atoms with Gasteiger partial charge in [-0.1, -0.05) is 0 Å². The Kier molecular flexibility index (Phi) is 8.05. The molecule has 0 aromatic carbocycles. The summed E-state index contributed by atoms with van der Waals surface area (Å²) in [6, 6.07) is 2.73. The molecule has 3 unspecified atom stereocenters. The highest BCUT2D eigenvalue weighted by Gasteiger charge is 2.33. The fraction of sp³-hybridized carbons (Fsp3) is 0.727. The van der Waals surface area contributed by atoms with Crippen LogP contribution in [0.15, 0.2) is 6.07 Å². The SMILES string of the molecule is CNC(C)NC(=O)c1cc(C)c(C)nc1N1CCC(NC2CCOCC2)C(OC)C1. The second-order valence-electron chi connectivity index (χ2n) is 8.41. The Labute approximate surface area is 180 Å². The van der Waals surface area contributed by atoms with Gasteiger partial charge < -0.3 is 30.3 Å². The molecule has 1 aromatic heterocycles. The van der Waals surface area contributed by atoms with Crippen molar-refractivity contribution in [3.63, 3.8) is 0 Å². The smallest absolute Gasteiger partial charge is 0.256 e. The summed E-state index contributed by atoms with van der Waals surface area (Å²) in [6.45, 7) is 9.08. The van der Waals surface area contributed by atoms with Crippen LogP contribution in [0.3, 0.4) is 0 Å². The molecule has 3 heterocycles. The van der Waals surface area contributed by atoms with Crippen molar-refractivity contribution < 1.29 is 14.3 Å². The minimum absolute atomic E-state index is 0.0390. The average molecular weight is 420 g/mol. The van der Waals surface area contributed by atoms with Crippen LogP contribution in [0.4, 0.5) is 5.82 Å². The predicted octanol–water partition coefficient (Wildman–Crippen LogP) is 1.36. The summed E-state index contributed by atoms with van der Waals surface area (Å²) in [6.07, 6.45) is 2.95. The summed E-state index contributed by atoms with van der Waals surface area (Å²) in [5.41, 5.74) is 2.57. The number of rotatable bonds is 7. The van der Waals surface area contributed by atoms with Gasteiger partial charge >= 0.3 is 0 Å². The Morgan fingerprint density at radius 2 is 2.03 bits per heavy atom. The number of pyridine rings is 1. The Morgan fingerprint density at radius 3 is 2.70 bits per heavy atom. The molecule has 2 saturated heterocycles. The fourth-order valence-corrected chi connectivity index (χ4v) is 4.15. The zero-order valence-corrected chi connectivity index (χ0v) is 19.0. The number of nitrogens with zero attached hydrogens (tertiary/aromatic N) is 2. The summed E-state index contributed by atoms with van der Waals surface area (Å²) in [5.74, 6) is 0.629. The maximum Gasteiger partial charge on any atom is 0.256 e. The van der Waals surface area contributed by atoms with Gasteiger partial charge in [-0.25, -0.2) is 4.98 Å². The average Bonchev–Trinajstić information content (AvgIpc) is 2.76. The van der Waals surface area contributed by atoms with Gasteiger partial charge in [-0.3, -0.25) is 4.79 Å². The third-order valence-corrected chi connectivity index (χ3v) is 6.30. The maximum atomic E-state index is 12.9. The standard InChI is InChI=1S/C22H37N5O3/c1-14-12-18(22(28)25-16(3)23-4)21(24-15(14)2)27-9-6-19(20(13-27)29-5)26-17-7-10-30-11-8-17/h12,16-17,19-20,23,26H,6-11,13H2,1-5H3,(H,25,28). The van der Waals surface area contributed by atoms with E-state index in [1.165, 1.54) is 0 Å². The first-order valence-electron chi connectivity index (χ1n) is 11.0. The first-order chi connectivity index (χ1) is 14.4. The molecule has 3 atom stereocenters.